The second-order valence-electron chi connectivity index (χ2n) is 3.12. The van der Waals surface area contributed by atoms with Crippen LogP contribution in [0.5, 0.6) is 0 Å². The molecular formula is C10H19Cl2N3. The van der Waals surface area contributed by atoms with E-state index >= 15 is 0 Å². The van der Waals surface area contributed by atoms with Gasteiger partial charge >= 0.3 is 0 Å². The lowest BCUT2D eigenvalue weighted by Gasteiger charge is -2.18. The number of likely N-dealkylation sites (N-methyl/N-ethyl adjacent to an activating group) is 2. The SMILES string of the molecule is CNCCN(C)c1ccc(N)cc1.Cl.Cl. The van der Waals surface area contributed by atoms with Crippen LogP contribution in [0.2, 0.25) is 0 Å². The van der Waals surface area contributed by atoms with E-state index in [4.69, 9.17) is 5.73 Å². The van der Waals surface area contributed by atoms with Crippen molar-refractivity contribution < 1.29 is 0 Å². The Kier molecular flexibility index (Phi) is 9.68. The lowest BCUT2D eigenvalue weighted by atomic mass is 10.2. The quantitative estimate of drug-likeness (QED) is 0.802. The van der Waals surface area contributed by atoms with E-state index in [0.717, 1.165) is 18.8 Å². The zero-order chi connectivity index (χ0) is 9.68. The predicted octanol–water partition coefficient (Wildman–Crippen LogP) is 1.77. The fraction of sp³-hybridized carbons (Fsp3) is 0.400. The largest absolute Gasteiger partial charge is 0.399 e. The van der Waals surface area contributed by atoms with E-state index in [1.165, 1.54) is 5.69 Å². The Balaban J connectivity index is 0. The van der Waals surface area contributed by atoms with Crippen LogP contribution in [0.4, 0.5) is 11.4 Å². The first-order valence-electron chi connectivity index (χ1n) is 4.45. The molecule has 0 saturated carbocycles. The summed E-state index contributed by atoms with van der Waals surface area (Å²) in [5.74, 6) is 0. The molecule has 0 saturated heterocycles. The van der Waals surface area contributed by atoms with Gasteiger partial charge in [0.15, 0.2) is 0 Å². The Morgan fingerprint density at radius 1 is 1.20 bits per heavy atom. The molecule has 1 aromatic rings. The van der Waals surface area contributed by atoms with Crippen LogP contribution in [-0.4, -0.2) is 27.2 Å². The van der Waals surface area contributed by atoms with Crippen molar-refractivity contribution in [2.45, 2.75) is 0 Å². The maximum absolute atomic E-state index is 5.60. The second-order valence-corrected chi connectivity index (χ2v) is 3.12. The average molecular weight is 252 g/mol. The number of halogens is 2. The molecule has 0 atom stereocenters. The van der Waals surface area contributed by atoms with Gasteiger partial charge in [-0.2, -0.15) is 0 Å². The molecule has 0 unspecified atom stereocenters. The van der Waals surface area contributed by atoms with Crippen LogP contribution in [0.1, 0.15) is 0 Å². The molecular weight excluding hydrogens is 233 g/mol. The number of nitrogens with one attached hydrogen (secondary N) is 1. The van der Waals surface area contributed by atoms with Gasteiger partial charge in [-0.05, 0) is 31.3 Å². The molecule has 0 spiro atoms. The van der Waals surface area contributed by atoms with Crippen molar-refractivity contribution in [3.8, 4) is 0 Å². The van der Waals surface area contributed by atoms with Crippen LogP contribution in [0.3, 0.4) is 0 Å². The fourth-order valence-corrected chi connectivity index (χ4v) is 1.14. The molecule has 0 aromatic heterocycles. The molecule has 1 rings (SSSR count). The molecule has 88 valence electrons. The highest BCUT2D eigenvalue weighted by Gasteiger charge is 1.98. The number of nitrogens with two attached hydrogens (primary N) is 1. The predicted molar refractivity (Wildman–Crippen MR) is 72.5 cm³/mol. The van der Waals surface area contributed by atoms with Gasteiger partial charge < -0.3 is 16.0 Å². The highest BCUT2D eigenvalue weighted by atomic mass is 35.5. The molecule has 0 fully saturated rings. The van der Waals surface area contributed by atoms with Crippen LogP contribution in [0.15, 0.2) is 24.3 Å². The van der Waals surface area contributed by atoms with Crippen molar-refractivity contribution in [3.05, 3.63) is 24.3 Å². The van der Waals surface area contributed by atoms with Gasteiger partial charge in [0, 0.05) is 31.5 Å². The topological polar surface area (TPSA) is 41.3 Å². The molecule has 3 N–H and O–H groups in total. The van der Waals surface area contributed by atoms with Crippen LogP contribution in [0.25, 0.3) is 0 Å². The molecule has 0 bridgehead atoms. The maximum atomic E-state index is 5.60. The number of anilines is 2. The molecule has 0 aliphatic rings. The van der Waals surface area contributed by atoms with Gasteiger partial charge in [0.2, 0.25) is 0 Å². The van der Waals surface area contributed by atoms with E-state index < -0.39 is 0 Å². The molecule has 0 heterocycles. The van der Waals surface area contributed by atoms with Crippen LogP contribution >= 0.6 is 24.8 Å². The van der Waals surface area contributed by atoms with E-state index in [-0.39, 0.29) is 24.8 Å². The Morgan fingerprint density at radius 3 is 2.20 bits per heavy atom. The minimum Gasteiger partial charge on any atom is -0.399 e. The highest BCUT2D eigenvalue weighted by molar-refractivity contribution is 5.85. The van der Waals surface area contributed by atoms with Gasteiger partial charge in [-0.15, -0.1) is 24.8 Å². The number of hydrogen-bond acceptors (Lipinski definition) is 3. The monoisotopic (exact) mass is 251 g/mol. The Labute approximate surface area is 104 Å². The lowest BCUT2D eigenvalue weighted by molar-refractivity contribution is 0.768. The molecule has 5 heteroatoms. The standard InChI is InChI=1S/C10H17N3.2ClH/c1-12-7-8-13(2)10-5-3-9(11)4-6-10;;/h3-6,12H,7-8,11H2,1-2H3;2*1H. The van der Waals surface area contributed by atoms with Gasteiger partial charge in [-0.1, -0.05) is 0 Å². The maximum Gasteiger partial charge on any atom is 0.0365 e. The third-order valence-corrected chi connectivity index (χ3v) is 2.03. The van der Waals surface area contributed by atoms with Gasteiger partial charge in [0.1, 0.15) is 0 Å². The first kappa shape index (κ1) is 16.8. The number of benzene rings is 1. The first-order chi connectivity index (χ1) is 6.24. The third-order valence-electron chi connectivity index (χ3n) is 2.03. The Hall–Kier alpha value is -0.640. The van der Waals surface area contributed by atoms with E-state index in [1.807, 2.05) is 31.3 Å². The second kappa shape index (κ2) is 8.65. The van der Waals surface area contributed by atoms with Crippen molar-refractivity contribution in [3.63, 3.8) is 0 Å². The van der Waals surface area contributed by atoms with Gasteiger partial charge in [-0.3, -0.25) is 0 Å². The summed E-state index contributed by atoms with van der Waals surface area (Å²) in [5.41, 5.74) is 7.61. The summed E-state index contributed by atoms with van der Waals surface area (Å²) in [5, 5.41) is 3.11. The van der Waals surface area contributed by atoms with Gasteiger partial charge in [0.25, 0.3) is 0 Å². The van der Waals surface area contributed by atoms with Crippen molar-refractivity contribution in [1.29, 1.82) is 0 Å². The highest BCUT2D eigenvalue weighted by Crippen LogP contribution is 2.13. The van der Waals surface area contributed by atoms with Crippen LogP contribution < -0.4 is 16.0 Å². The number of hydrogen-bond donors (Lipinski definition) is 2. The smallest absolute Gasteiger partial charge is 0.0365 e. The first-order valence-corrected chi connectivity index (χ1v) is 4.45. The molecule has 0 radical (unpaired) electrons. The number of rotatable bonds is 4. The molecule has 0 aliphatic heterocycles. The molecule has 0 aliphatic carbocycles. The van der Waals surface area contributed by atoms with Gasteiger partial charge in [-0.25, -0.2) is 0 Å². The van der Waals surface area contributed by atoms with Crippen molar-refractivity contribution >= 4 is 36.2 Å². The lowest BCUT2D eigenvalue weighted by Crippen LogP contribution is -2.26. The third kappa shape index (κ3) is 5.72. The van der Waals surface area contributed by atoms with Crippen molar-refractivity contribution in [1.82, 2.24) is 5.32 Å². The minimum atomic E-state index is 0. The average Bonchev–Trinajstić information content (AvgIpc) is 2.15. The number of nitrogens with zero attached hydrogens (tertiary/aromatic N) is 1. The fourth-order valence-electron chi connectivity index (χ4n) is 1.14. The van der Waals surface area contributed by atoms with Crippen LogP contribution in [0, 0.1) is 0 Å². The summed E-state index contributed by atoms with van der Waals surface area (Å²) in [6.45, 7) is 1.99. The van der Waals surface area contributed by atoms with Crippen LogP contribution in [-0.2, 0) is 0 Å². The number of nitrogen functional groups attached to an aromatic ring is 1. The zero-order valence-corrected chi connectivity index (χ0v) is 10.7. The zero-order valence-electron chi connectivity index (χ0n) is 9.06. The molecule has 0 amide bonds. The summed E-state index contributed by atoms with van der Waals surface area (Å²) < 4.78 is 0. The molecule has 1 aromatic carbocycles. The summed E-state index contributed by atoms with van der Waals surface area (Å²) in [4.78, 5) is 2.19. The summed E-state index contributed by atoms with van der Waals surface area (Å²) in [7, 11) is 4.03. The van der Waals surface area contributed by atoms with E-state index in [0.29, 0.717) is 0 Å². The Bertz CT molecular complexity index is 251. The van der Waals surface area contributed by atoms with Gasteiger partial charge in [0.05, 0.1) is 0 Å². The summed E-state index contributed by atoms with van der Waals surface area (Å²) in [6.07, 6.45) is 0. The molecule has 3 nitrogen and oxygen atoms in total. The summed E-state index contributed by atoms with van der Waals surface area (Å²) >= 11 is 0. The van der Waals surface area contributed by atoms with E-state index in [1.54, 1.807) is 0 Å². The van der Waals surface area contributed by atoms with E-state index in [2.05, 4.69) is 17.3 Å². The normalized spacial score (nSPS) is 8.67. The summed E-state index contributed by atoms with van der Waals surface area (Å²) in [6, 6.07) is 7.91. The molecule has 15 heavy (non-hydrogen) atoms. The van der Waals surface area contributed by atoms with Crippen molar-refractivity contribution in [2.75, 3.05) is 37.8 Å². The van der Waals surface area contributed by atoms with Crippen molar-refractivity contribution in [2.24, 2.45) is 0 Å². The van der Waals surface area contributed by atoms with E-state index in [9.17, 15) is 0 Å². The Morgan fingerprint density at radius 2 is 1.73 bits per heavy atom. The minimum absolute atomic E-state index is 0.